The van der Waals surface area contributed by atoms with Gasteiger partial charge < -0.3 is 13.7 Å². The number of fused-ring (bicyclic) bond motifs is 1. The molecule has 2 saturated heterocycles. The number of rotatable bonds is 5. The second-order valence-electron chi connectivity index (χ2n) is 9.42. The second kappa shape index (κ2) is 8.80. The molecule has 2 fully saturated rings. The van der Waals surface area contributed by atoms with Gasteiger partial charge in [-0.3, -0.25) is 9.69 Å². The molecule has 7 nitrogen and oxygen atoms in total. The molecule has 0 radical (unpaired) electrons. The smallest absolute Gasteiger partial charge is 0.257 e. The predicted octanol–water partition coefficient (Wildman–Crippen LogP) is 4.26. The normalized spacial score (nSPS) is 23.0. The Bertz CT molecular complexity index is 1100. The van der Waals surface area contributed by atoms with Gasteiger partial charge >= 0.3 is 0 Å². The largest absolute Gasteiger partial charge is 0.467 e. The topological polar surface area (TPSA) is 65.4 Å². The average molecular weight is 447 g/mol. The average Bonchev–Trinajstić information content (AvgIpc) is 3.64. The maximum atomic E-state index is 13.4. The maximum Gasteiger partial charge on any atom is 0.257 e. The zero-order chi connectivity index (χ0) is 22.2. The van der Waals surface area contributed by atoms with E-state index in [9.17, 15) is 4.79 Å². The van der Waals surface area contributed by atoms with E-state index in [1.54, 1.807) is 11.3 Å². The van der Waals surface area contributed by atoms with Crippen LogP contribution >= 0.6 is 0 Å². The number of hydrogen-bond acceptors (Lipinski definition) is 6. The summed E-state index contributed by atoms with van der Waals surface area (Å²) < 4.78 is 11.7. The number of nitrogens with zero attached hydrogens (tertiary/aromatic N) is 4. The van der Waals surface area contributed by atoms with Crippen LogP contribution in [-0.2, 0) is 4.79 Å². The van der Waals surface area contributed by atoms with E-state index in [-0.39, 0.29) is 11.9 Å². The Balaban J connectivity index is 1.18. The lowest BCUT2D eigenvalue weighted by molar-refractivity contribution is -0.135. The summed E-state index contributed by atoms with van der Waals surface area (Å²) in [5.41, 5.74) is 1.61. The van der Waals surface area contributed by atoms with E-state index >= 15 is 0 Å². The quantitative estimate of drug-likeness (QED) is 0.586. The molecule has 0 N–H and O–H groups in total. The zero-order valence-electron chi connectivity index (χ0n) is 18.9. The van der Waals surface area contributed by atoms with Crippen LogP contribution in [-0.4, -0.2) is 65.2 Å². The van der Waals surface area contributed by atoms with Crippen LogP contribution in [0.5, 0.6) is 0 Å². The molecule has 6 rings (SSSR count). The number of para-hydroxylation sites is 1. The number of hydrazone groups is 1. The molecule has 0 aliphatic carbocycles. The molecule has 0 spiro atoms. The highest BCUT2D eigenvalue weighted by molar-refractivity contribution is 6.03. The van der Waals surface area contributed by atoms with Crippen LogP contribution in [0.2, 0.25) is 0 Å². The highest BCUT2D eigenvalue weighted by Crippen LogP contribution is 2.34. The minimum Gasteiger partial charge on any atom is -0.467 e. The first-order chi connectivity index (χ1) is 16.2. The predicted molar refractivity (Wildman–Crippen MR) is 126 cm³/mol. The summed E-state index contributed by atoms with van der Waals surface area (Å²) in [6.07, 6.45) is 7.17. The third-order valence-corrected chi connectivity index (χ3v) is 7.32. The van der Waals surface area contributed by atoms with Crippen molar-refractivity contribution in [1.82, 2.24) is 14.8 Å². The monoisotopic (exact) mass is 446 g/mol. The second-order valence-corrected chi connectivity index (χ2v) is 9.42. The fraction of sp³-hybridized carbons (Fsp3) is 0.462. The molecule has 3 aromatic rings. The summed E-state index contributed by atoms with van der Waals surface area (Å²) in [7, 11) is 0. The van der Waals surface area contributed by atoms with E-state index in [0.717, 1.165) is 54.1 Å². The highest BCUT2D eigenvalue weighted by Gasteiger charge is 2.37. The minimum atomic E-state index is -0.238. The van der Waals surface area contributed by atoms with E-state index < -0.39 is 0 Å². The van der Waals surface area contributed by atoms with Gasteiger partial charge in [0.1, 0.15) is 23.1 Å². The fourth-order valence-corrected chi connectivity index (χ4v) is 5.53. The van der Waals surface area contributed by atoms with Gasteiger partial charge in [0.15, 0.2) is 5.76 Å². The van der Waals surface area contributed by atoms with Crippen molar-refractivity contribution in [3.63, 3.8) is 0 Å². The number of carbonyl (C=O) groups excluding carboxylic acids is 1. The Kier molecular flexibility index (Phi) is 5.52. The van der Waals surface area contributed by atoms with Crippen molar-refractivity contribution in [3.05, 3.63) is 60.2 Å². The van der Waals surface area contributed by atoms with Crippen LogP contribution in [0.4, 0.5) is 0 Å². The van der Waals surface area contributed by atoms with Crippen molar-refractivity contribution in [2.75, 3.05) is 32.7 Å². The van der Waals surface area contributed by atoms with E-state index in [1.165, 1.54) is 25.9 Å². The van der Waals surface area contributed by atoms with Gasteiger partial charge in [-0.15, -0.1) is 0 Å². The van der Waals surface area contributed by atoms with Crippen molar-refractivity contribution in [1.29, 1.82) is 0 Å². The molecule has 1 atom stereocenters. The minimum absolute atomic E-state index is 0.0159. The van der Waals surface area contributed by atoms with Gasteiger partial charge in [-0.05, 0) is 63.0 Å². The van der Waals surface area contributed by atoms with E-state index in [0.29, 0.717) is 19.0 Å². The number of hydrogen-bond donors (Lipinski definition) is 0. The summed E-state index contributed by atoms with van der Waals surface area (Å²) >= 11 is 0. The van der Waals surface area contributed by atoms with Gasteiger partial charge in [-0.2, -0.15) is 5.10 Å². The van der Waals surface area contributed by atoms with Gasteiger partial charge in [0, 0.05) is 30.9 Å². The van der Waals surface area contributed by atoms with Crippen LogP contribution in [0.1, 0.15) is 49.7 Å². The first-order valence-electron chi connectivity index (χ1n) is 12.1. The molecule has 1 amide bonds. The Labute approximate surface area is 193 Å². The van der Waals surface area contributed by atoms with Crippen molar-refractivity contribution in [3.8, 4) is 0 Å². The number of likely N-dealkylation sites (tertiary alicyclic amines) is 2. The van der Waals surface area contributed by atoms with Gasteiger partial charge in [0.2, 0.25) is 0 Å². The van der Waals surface area contributed by atoms with Gasteiger partial charge in [0.25, 0.3) is 5.91 Å². The summed E-state index contributed by atoms with van der Waals surface area (Å²) in [5.74, 6) is 1.49. The molecule has 172 valence electrons. The van der Waals surface area contributed by atoms with Crippen molar-refractivity contribution >= 4 is 22.6 Å². The lowest BCUT2D eigenvalue weighted by atomic mass is 10.0. The standard InChI is InChI=1S/C26H30N4O3/c31-26(18-28-13-9-20(10-14-28)29-11-3-4-12-29)30-22(24-8-5-15-32-24)17-21(27-30)25-16-19-6-1-2-7-23(19)33-25/h1-2,5-8,15-16,20,22H,3-4,9-14,17-18H2. The lowest BCUT2D eigenvalue weighted by Gasteiger charge is -2.36. The van der Waals surface area contributed by atoms with Crippen LogP contribution in [0.25, 0.3) is 11.0 Å². The number of benzene rings is 1. The Morgan fingerprint density at radius 1 is 1.03 bits per heavy atom. The van der Waals surface area contributed by atoms with Gasteiger partial charge in [0.05, 0.1) is 12.8 Å². The van der Waals surface area contributed by atoms with Gasteiger partial charge in [-0.25, -0.2) is 5.01 Å². The number of amides is 1. The van der Waals surface area contributed by atoms with Crippen LogP contribution in [0.15, 0.2) is 62.7 Å². The fourth-order valence-electron chi connectivity index (χ4n) is 5.53. The first-order valence-corrected chi connectivity index (χ1v) is 12.1. The van der Waals surface area contributed by atoms with Crippen LogP contribution in [0.3, 0.4) is 0 Å². The number of furan rings is 2. The lowest BCUT2D eigenvalue weighted by Crippen LogP contribution is -2.47. The summed E-state index contributed by atoms with van der Waals surface area (Å²) in [6, 6.07) is 14.2. The molecule has 5 heterocycles. The molecule has 0 saturated carbocycles. The Morgan fingerprint density at radius 2 is 1.85 bits per heavy atom. The van der Waals surface area contributed by atoms with Crippen molar-refractivity contribution in [2.45, 2.75) is 44.2 Å². The molecule has 1 unspecified atom stereocenters. The maximum absolute atomic E-state index is 13.4. The van der Waals surface area contributed by atoms with E-state index in [4.69, 9.17) is 13.9 Å². The number of piperidine rings is 1. The molecule has 3 aliphatic rings. The molecule has 2 aromatic heterocycles. The molecule has 7 heteroatoms. The van der Waals surface area contributed by atoms with Crippen LogP contribution in [0, 0.1) is 0 Å². The van der Waals surface area contributed by atoms with Gasteiger partial charge in [-0.1, -0.05) is 18.2 Å². The third-order valence-electron chi connectivity index (χ3n) is 7.32. The van der Waals surface area contributed by atoms with E-state index in [1.807, 2.05) is 42.5 Å². The zero-order valence-corrected chi connectivity index (χ0v) is 18.9. The molecule has 1 aromatic carbocycles. The van der Waals surface area contributed by atoms with E-state index in [2.05, 4.69) is 9.80 Å². The van der Waals surface area contributed by atoms with Crippen molar-refractivity contribution < 1.29 is 13.6 Å². The van der Waals surface area contributed by atoms with Crippen molar-refractivity contribution in [2.24, 2.45) is 5.10 Å². The molecular weight excluding hydrogens is 416 g/mol. The first kappa shape index (κ1) is 20.7. The molecular formula is C26H30N4O3. The summed E-state index contributed by atoms with van der Waals surface area (Å²) in [6.45, 7) is 4.79. The highest BCUT2D eigenvalue weighted by atomic mass is 16.3. The molecule has 3 aliphatic heterocycles. The molecule has 33 heavy (non-hydrogen) atoms. The van der Waals surface area contributed by atoms with Crippen LogP contribution < -0.4 is 0 Å². The Hall–Kier alpha value is -2.90. The summed E-state index contributed by atoms with van der Waals surface area (Å²) in [5, 5.41) is 7.40. The summed E-state index contributed by atoms with van der Waals surface area (Å²) in [4.78, 5) is 18.3. The molecule has 0 bridgehead atoms. The number of carbonyl (C=O) groups is 1. The third kappa shape index (κ3) is 4.11. The Morgan fingerprint density at radius 3 is 2.61 bits per heavy atom. The SMILES string of the molecule is O=C(CN1CCC(N2CCCC2)CC1)N1N=C(c2cc3ccccc3o2)CC1c1ccco1.